The van der Waals surface area contributed by atoms with Crippen molar-refractivity contribution < 1.29 is 0 Å². The van der Waals surface area contributed by atoms with Crippen LogP contribution < -0.4 is 0 Å². The third kappa shape index (κ3) is 6.09. The van der Waals surface area contributed by atoms with Gasteiger partial charge >= 0.3 is 0 Å². The first-order valence-electron chi connectivity index (χ1n) is 18.0. The Bertz CT molecular complexity index is 2850. The maximum absolute atomic E-state index is 5.06. The second kappa shape index (κ2) is 13.7. The summed E-state index contributed by atoms with van der Waals surface area (Å²) in [6.07, 6.45) is 18.6. The number of fused-ring (bicyclic) bond motifs is 3. The Hall–Kier alpha value is -7.64. The van der Waals surface area contributed by atoms with E-state index >= 15 is 0 Å². The maximum atomic E-state index is 5.06. The largest absolute Gasteiger partial charge is 0.308 e. The molecule has 0 aliphatic rings. The second-order valence-corrected chi connectivity index (χ2v) is 13.4. The van der Waals surface area contributed by atoms with Gasteiger partial charge in [0.05, 0.1) is 28.6 Å². The van der Waals surface area contributed by atoms with Gasteiger partial charge < -0.3 is 4.57 Å². The smallest absolute Gasteiger partial charge is 0.0894 e. The topological polar surface area (TPSA) is 82.3 Å². The summed E-state index contributed by atoms with van der Waals surface area (Å²) in [7, 11) is 0. The highest BCUT2D eigenvalue weighted by molar-refractivity contribution is 6.10. The Morgan fingerprint density at radius 3 is 1.33 bits per heavy atom. The highest BCUT2D eigenvalue weighted by Crippen LogP contribution is 2.38. The minimum Gasteiger partial charge on any atom is -0.308 e. The van der Waals surface area contributed by atoms with Gasteiger partial charge in [-0.2, -0.15) is 0 Å². The molecule has 0 fully saturated rings. The van der Waals surface area contributed by atoms with E-state index in [0.717, 1.165) is 94.5 Å². The highest BCUT2D eigenvalue weighted by Gasteiger charge is 2.17. The van der Waals surface area contributed by atoms with Crippen LogP contribution in [-0.4, -0.2) is 34.5 Å². The zero-order chi connectivity index (χ0) is 36.6. The molecule has 0 saturated heterocycles. The fraction of sp³-hybridized carbons (Fsp3) is 0. The van der Waals surface area contributed by atoms with Crippen LogP contribution in [0.2, 0.25) is 0 Å². The molecular formula is C48H31N7. The predicted molar refractivity (Wildman–Crippen MR) is 220 cm³/mol. The number of rotatable bonds is 7. The zero-order valence-electron chi connectivity index (χ0n) is 29.5. The molecule has 0 N–H and O–H groups in total. The Morgan fingerprint density at radius 2 is 0.800 bits per heavy atom. The van der Waals surface area contributed by atoms with Crippen molar-refractivity contribution in [3.8, 4) is 72.7 Å². The lowest BCUT2D eigenvalue weighted by Gasteiger charge is -2.14. The molecule has 0 unspecified atom stereocenters. The SMILES string of the molecule is c1cncc(-c2cc(-c3cccnc3)cc(-c3ccnc(-c4cc5c6ccccc6n(-c6cc(-c7cccnc7)cc(-c7cccnc7)c6)c5cn4)c3)c2)c1. The summed E-state index contributed by atoms with van der Waals surface area (Å²) in [5, 5.41) is 2.23. The van der Waals surface area contributed by atoms with Crippen LogP contribution in [0.3, 0.4) is 0 Å². The van der Waals surface area contributed by atoms with E-state index in [4.69, 9.17) is 9.97 Å². The summed E-state index contributed by atoms with van der Waals surface area (Å²) >= 11 is 0. The molecule has 3 aromatic carbocycles. The molecule has 7 aromatic heterocycles. The van der Waals surface area contributed by atoms with Crippen LogP contribution in [0.15, 0.2) is 189 Å². The molecule has 0 amide bonds. The van der Waals surface area contributed by atoms with Crippen molar-refractivity contribution in [2.45, 2.75) is 0 Å². The third-order valence-corrected chi connectivity index (χ3v) is 10.0. The van der Waals surface area contributed by atoms with Gasteiger partial charge in [-0.3, -0.25) is 29.9 Å². The van der Waals surface area contributed by atoms with E-state index < -0.39 is 0 Å². The molecule has 0 aliphatic heterocycles. The summed E-state index contributed by atoms with van der Waals surface area (Å²) in [6.45, 7) is 0. The molecule has 0 radical (unpaired) electrons. The van der Waals surface area contributed by atoms with Crippen molar-refractivity contribution in [2.75, 3.05) is 0 Å². The number of benzene rings is 3. The summed E-state index contributed by atoms with van der Waals surface area (Å²) in [5.41, 5.74) is 15.3. The standard InChI is InChI=1S/C48H31N7/c1-2-12-47-43(11-1)44-26-46(54-31-48(44)55(47)42-23-40(35-9-5-16-51-29-35)22-41(24-42)36-10-6-17-52-30-36)45-25-32(13-18-53-45)37-19-38(33-7-3-14-49-27-33)21-39(20-37)34-8-4-15-50-28-34/h1-31H. The predicted octanol–water partition coefficient (Wildman–Crippen LogP) is 11.2. The highest BCUT2D eigenvalue weighted by atomic mass is 15.0. The van der Waals surface area contributed by atoms with E-state index in [2.05, 4.69) is 128 Å². The van der Waals surface area contributed by atoms with Crippen LogP contribution in [0.25, 0.3) is 94.5 Å². The number of pyridine rings is 6. The molecule has 10 aromatic rings. The van der Waals surface area contributed by atoms with Crippen molar-refractivity contribution in [2.24, 2.45) is 0 Å². The van der Waals surface area contributed by atoms with E-state index in [9.17, 15) is 0 Å². The number of para-hydroxylation sites is 1. The van der Waals surface area contributed by atoms with Crippen molar-refractivity contribution in [1.82, 2.24) is 34.5 Å². The lowest BCUT2D eigenvalue weighted by atomic mass is 9.94. The summed E-state index contributed by atoms with van der Waals surface area (Å²) in [5.74, 6) is 0. The first kappa shape index (κ1) is 32.0. The van der Waals surface area contributed by atoms with Crippen LogP contribution in [0, 0.1) is 0 Å². The van der Waals surface area contributed by atoms with Crippen molar-refractivity contribution in [3.63, 3.8) is 0 Å². The average molecular weight is 706 g/mol. The van der Waals surface area contributed by atoms with Gasteiger partial charge in [-0.1, -0.05) is 42.5 Å². The van der Waals surface area contributed by atoms with E-state index in [0.29, 0.717) is 0 Å². The van der Waals surface area contributed by atoms with Crippen molar-refractivity contribution in [3.05, 3.63) is 189 Å². The van der Waals surface area contributed by atoms with E-state index in [1.54, 1.807) is 24.8 Å². The molecule has 0 atom stereocenters. The lowest BCUT2D eigenvalue weighted by Crippen LogP contribution is -1.97. The fourth-order valence-electron chi connectivity index (χ4n) is 7.37. The van der Waals surface area contributed by atoms with Crippen LogP contribution in [-0.2, 0) is 0 Å². The molecule has 7 heterocycles. The van der Waals surface area contributed by atoms with Crippen LogP contribution in [0.5, 0.6) is 0 Å². The zero-order valence-corrected chi connectivity index (χ0v) is 29.5. The maximum Gasteiger partial charge on any atom is 0.0894 e. The van der Waals surface area contributed by atoms with Gasteiger partial charge in [-0.05, 0) is 118 Å². The summed E-state index contributed by atoms with van der Waals surface area (Å²) < 4.78 is 2.30. The van der Waals surface area contributed by atoms with Crippen LogP contribution in [0.4, 0.5) is 0 Å². The monoisotopic (exact) mass is 705 g/mol. The fourth-order valence-corrected chi connectivity index (χ4v) is 7.37. The van der Waals surface area contributed by atoms with Crippen molar-refractivity contribution in [1.29, 1.82) is 0 Å². The minimum absolute atomic E-state index is 0.795. The van der Waals surface area contributed by atoms with Crippen molar-refractivity contribution >= 4 is 21.8 Å². The number of nitrogens with zero attached hydrogens (tertiary/aromatic N) is 7. The molecule has 10 rings (SSSR count). The van der Waals surface area contributed by atoms with E-state index in [-0.39, 0.29) is 0 Å². The first-order chi connectivity index (χ1) is 27.2. The van der Waals surface area contributed by atoms with Gasteiger partial charge in [0.25, 0.3) is 0 Å². The minimum atomic E-state index is 0.795. The van der Waals surface area contributed by atoms with Gasteiger partial charge in [0.2, 0.25) is 0 Å². The summed E-state index contributed by atoms with van der Waals surface area (Å²) in [4.78, 5) is 27.5. The third-order valence-electron chi connectivity index (χ3n) is 10.0. The number of hydrogen-bond donors (Lipinski definition) is 0. The number of hydrogen-bond acceptors (Lipinski definition) is 6. The average Bonchev–Trinajstić information content (AvgIpc) is 3.61. The Labute approximate surface area is 317 Å². The van der Waals surface area contributed by atoms with Crippen LogP contribution in [0.1, 0.15) is 0 Å². The second-order valence-electron chi connectivity index (χ2n) is 13.4. The number of aromatic nitrogens is 7. The van der Waals surface area contributed by atoms with Crippen LogP contribution >= 0.6 is 0 Å². The quantitative estimate of drug-likeness (QED) is 0.164. The molecule has 0 spiro atoms. The molecule has 0 aliphatic carbocycles. The van der Waals surface area contributed by atoms with Gasteiger partial charge in [0.15, 0.2) is 0 Å². The van der Waals surface area contributed by atoms with Gasteiger partial charge in [-0.25, -0.2) is 0 Å². The molecule has 7 heteroatoms. The molecule has 55 heavy (non-hydrogen) atoms. The lowest BCUT2D eigenvalue weighted by molar-refractivity contribution is 1.16. The first-order valence-corrected chi connectivity index (χ1v) is 18.0. The van der Waals surface area contributed by atoms with E-state index in [1.807, 2.05) is 61.4 Å². The Morgan fingerprint density at radius 1 is 0.309 bits per heavy atom. The molecule has 258 valence electrons. The Balaban J connectivity index is 1.11. The molecule has 0 saturated carbocycles. The van der Waals surface area contributed by atoms with Gasteiger partial charge in [0.1, 0.15) is 0 Å². The molecular weight excluding hydrogens is 675 g/mol. The Kier molecular flexibility index (Phi) is 8.00. The van der Waals surface area contributed by atoms with Gasteiger partial charge in [0, 0.05) is 94.5 Å². The normalized spacial score (nSPS) is 11.3. The van der Waals surface area contributed by atoms with E-state index in [1.165, 1.54) is 0 Å². The molecule has 0 bridgehead atoms. The molecule has 7 nitrogen and oxygen atoms in total. The summed E-state index contributed by atoms with van der Waals surface area (Å²) in [6, 6.07) is 44.4. The van der Waals surface area contributed by atoms with Gasteiger partial charge in [-0.15, -0.1) is 0 Å².